The number of hydrogen-bond acceptors (Lipinski definition) is 3. The second-order valence-electron chi connectivity index (χ2n) is 5.39. The maximum Gasteiger partial charge on any atom is 0.234 e. The fourth-order valence-corrected chi connectivity index (χ4v) is 2.99. The molecule has 3 aromatic rings. The topological polar surface area (TPSA) is 59.3 Å². The number of piperidine rings is 1. The van der Waals surface area contributed by atoms with Gasteiger partial charge in [0.15, 0.2) is 0 Å². The highest BCUT2D eigenvalue weighted by atomic mass is 16.3. The Balaban J connectivity index is 1.87. The van der Waals surface area contributed by atoms with Crippen LogP contribution in [0.2, 0.25) is 0 Å². The summed E-state index contributed by atoms with van der Waals surface area (Å²) < 4.78 is 5.62. The highest BCUT2D eigenvalue weighted by Crippen LogP contribution is 2.34. The summed E-state index contributed by atoms with van der Waals surface area (Å²) in [7, 11) is 0. The van der Waals surface area contributed by atoms with Crippen molar-refractivity contribution in [2.75, 3.05) is 0 Å². The van der Waals surface area contributed by atoms with E-state index in [2.05, 4.69) is 5.32 Å². The van der Waals surface area contributed by atoms with Crippen molar-refractivity contribution in [3.8, 4) is 0 Å². The lowest BCUT2D eigenvalue weighted by Crippen LogP contribution is -2.39. The van der Waals surface area contributed by atoms with Crippen LogP contribution in [0, 0.1) is 0 Å². The molecule has 0 aliphatic carbocycles. The molecule has 0 spiro atoms. The Hall–Kier alpha value is -2.62. The Morgan fingerprint density at radius 2 is 1.86 bits per heavy atom. The van der Waals surface area contributed by atoms with Crippen molar-refractivity contribution >= 4 is 33.6 Å². The van der Waals surface area contributed by atoms with Gasteiger partial charge in [0.2, 0.25) is 11.8 Å². The molecule has 1 atom stereocenters. The summed E-state index contributed by atoms with van der Waals surface area (Å²) in [5.41, 5.74) is 1.63. The van der Waals surface area contributed by atoms with Crippen LogP contribution >= 0.6 is 0 Å². The van der Waals surface area contributed by atoms with E-state index in [0.29, 0.717) is 12.8 Å². The van der Waals surface area contributed by atoms with E-state index >= 15 is 0 Å². The average molecular weight is 279 g/mol. The molecule has 4 nitrogen and oxygen atoms in total. The Labute approximate surface area is 120 Å². The first-order valence-electron chi connectivity index (χ1n) is 6.96. The number of carbonyl (C=O) groups excluding carboxylic acids is 2. The summed E-state index contributed by atoms with van der Waals surface area (Å²) in [4.78, 5) is 23.3. The van der Waals surface area contributed by atoms with Gasteiger partial charge < -0.3 is 4.42 Å². The molecule has 1 aliphatic rings. The molecular formula is C17H13NO3. The summed E-state index contributed by atoms with van der Waals surface area (Å²) in [6.07, 6.45) is 2.55. The summed E-state index contributed by atoms with van der Waals surface area (Å²) in [6, 6.07) is 12.1. The summed E-state index contributed by atoms with van der Waals surface area (Å²) >= 11 is 0. The van der Waals surface area contributed by atoms with Gasteiger partial charge in [0.25, 0.3) is 0 Å². The first-order valence-corrected chi connectivity index (χ1v) is 6.96. The molecule has 1 N–H and O–H groups in total. The number of nitrogens with one attached hydrogen (secondary N) is 1. The lowest BCUT2D eigenvalue weighted by Gasteiger charge is -2.19. The molecule has 1 fully saturated rings. The number of amides is 2. The molecule has 4 rings (SSSR count). The summed E-state index contributed by atoms with van der Waals surface area (Å²) in [6.45, 7) is 0. The molecule has 4 heteroatoms. The van der Waals surface area contributed by atoms with E-state index < -0.39 is 0 Å². The number of imide groups is 1. The molecule has 0 bridgehead atoms. The molecule has 2 amide bonds. The number of benzene rings is 2. The van der Waals surface area contributed by atoms with Crippen LogP contribution < -0.4 is 5.32 Å². The van der Waals surface area contributed by atoms with Crippen LogP contribution in [0.1, 0.15) is 24.3 Å². The standard InChI is InChI=1S/C17H13NO3/c19-16-6-5-12(17(20)18-16)14-9-21-15-8-11-4-2-1-3-10(11)7-13(14)15/h1-4,7-9,12H,5-6H2,(H,18,19,20)/t12-/m0/s1. The third kappa shape index (κ3) is 1.91. The lowest BCUT2D eigenvalue weighted by atomic mass is 9.90. The molecule has 0 saturated carbocycles. The van der Waals surface area contributed by atoms with Gasteiger partial charge in [-0.1, -0.05) is 24.3 Å². The van der Waals surface area contributed by atoms with Crippen LogP contribution in [0.4, 0.5) is 0 Å². The number of furan rings is 1. The van der Waals surface area contributed by atoms with E-state index in [4.69, 9.17) is 4.42 Å². The van der Waals surface area contributed by atoms with Crippen molar-refractivity contribution in [3.63, 3.8) is 0 Å². The van der Waals surface area contributed by atoms with E-state index in [1.807, 2.05) is 36.4 Å². The molecule has 104 valence electrons. The largest absolute Gasteiger partial charge is 0.464 e. The van der Waals surface area contributed by atoms with Crippen molar-refractivity contribution in [2.45, 2.75) is 18.8 Å². The van der Waals surface area contributed by atoms with Crippen molar-refractivity contribution < 1.29 is 14.0 Å². The predicted octanol–water partition coefficient (Wildman–Crippen LogP) is 3.11. The molecule has 1 aliphatic heterocycles. The Morgan fingerprint density at radius 1 is 1.10 bits per heavy atom. The fourth-order valence-electron chi connectivity index (χ4n) is 2.99. The number of fused-ring (bicyclic) bond motifs is 2. The molecule has 2 heterocycles. The van der Waals surface area contributed by atoms with Gasteiger partial charge in [-0.25, -0.2) is 0 Å². The van der Waals surface area contributed by atoms with Gasteiger partial charge in [-0.05, 0) is 29.3 Å². The van der Waals surface area contributed by atoms with Gasteiger partial charge in [-0.15, -0.1) is 0 Å². The quantitative estimate of drug-likeness (QED) is 0.696. The number of rotatable bonds is 1. The van der Waals surface area contributed by atoms with E-state index in [1.54, 1.807) is 6.26 Å². The van der Waals surface area contributed by atoms with Gasteiger partial charge in [0.05, 0.1) is 12.2 Å². The molecule has 1 aromatic heterocycles. The third-order valence-corrected chi connectivity index (χ3v) is 4.09. The smallest absolute Gasteiger partial charge is 0.234 e. The summed E-state index contributed by atoms with van der Waals surface area (Å²) in [5, 5.41) is 5.56. The van der Waals surface area contributed by atoms with Crippen molar-refractivity contribution in [2.24, 2.45) is 0 Å². The summed E-state index contributed by atoms with van der Waals surface area (Å²) in [5.74, 6) is -0.748. The van der Waals surface area contributed by atoms with E-state index in [-0.39, 0.29) is 17.7 Å². The average Bonchev–Trinajstić information content (AvgIpc) is 2.88. The Morgan fingerprint density at radius 3 is 2.62 bits per heavy atom. The highest BCUT2D eigenvalue weighted by Gasteiger charge is 2.30. The minimum absolute atomic E-state index is 0.200. The van der Waals surface area contributed by atoms with Crippen molar-refractivity contribution in [1.29, 1.82) is 0 Å². The zero-order valence-electron chi connectivity index (χ0n) is 11.3. The van der Waals surface area contributed by atoms with Crippen LogP contribution in [0.25, 0.3) is 21.7 Å². The number of hydrogen-bond donors (Lipinski definition) is 1. The first kappa shape index (κ1) is 12.1. The van der Waals surface area contributed by atoms with Gasteiger partial charge in [0, 0.05) is 17.4 Å². The van der Waals surface area contributed by atoms with Crippen LogP contribution in [0.15, 0.2) is 47.1 Å². The second-order valence-corrected chi connectivity index (χ2v) is 5.39. The normalized spacial score (nSPS) is 19.1. The molecule has 0 radical (unpaired) electrons. The molecular weight excluding hydrogens is 266 g/mol. The second kappa shape index (κ2) is 4.45. The first-order chi connectivity index (χ1) is 10.2. The van der Waals surface area contributed by atoms with Crippen LogP contribution in [-0.4, -0.2) is 11.8 Å². The maximum absolute atomic E-state index is 12.0. The number of carbonyl (C=O) groups is 2. The SMILES string of the molecule is O=C1CC[C@@H](c2coc3cc4ccccc4cc23)C(=O)N1. The Bertz CT molecular complexity index is 878. The fraction of sp³-hybridized carbons (Fsp3) is 0.176. The molecule has 1 saturated heterocycles. The van der Waals surface area contributed by atoms with E-state index in [1.165, 1.54) is 0 Å². The van der Waals surface area contributed by atoms with Crippen LogP contribution in [-0.2, 0) is 9.59 Å². The zero-order chi connectivity index (χ0) is 14.4. The monoisotopic (exact) mass is 279 g/mol. The van der Waals surface area contributed by atoms with Gasteiger partial charge >= 0.3 is 0 Å². The van der Waals surface area contributed by atoms with Gasteiger partial charge in [-0.3, -0.25) is 14.9 Å². The molecule has 21 heavy (non-hydrogen) atoms. The Kier molecular flexibility index (Phi) is 2.57. The third-order valence-electron chi connectivity index (χ3n) is 4.09. The van der Waals surface area contributed by atoms with E-state index in [9.17, 15) is 9.59 Å². The zero-order valence-corrected chi connectivity index (χ0v) is 11.3. The predicted molar refractivity (Wildman–Crippen MR) is 78.8 cm³/mol. The van der Waals surface area contributed by atoms with Crippen LogP contribution in [0.5, 0.6) is 0 Å². The minimum Gasteiger partial charge on any atom is -0.464 e. The van der Waals surface area contributed by atoms with Gasteiger partial charge in [-0.2, -0.15) is 0 Å². The van der Waals surface area contributed by atoms with E-state index in [0.717, 1.165) is 27.3 Å². The highest BCUT2D eigenvalue weighted by molar-refractivity contribution is 6.04. The van der Waals surface area contributed by atoms with Crippen LogP contribution in [0.3, 0.4) is 0 Å². The lowest BCUT2D eigenvalue weighted by molar-refractivity contribution is -0.134. The minimum atomic E-state index is -0.315. The van der Waals surface area contributed by atoms with Crippen molar-refractivity contribution in [1.82, 2.24) is 5.32 Å². The molecule has 2 aromatic carbocycles. The van der Waals surface area contributed by atoms with Crippen molar-refractivity contribution in [3.05, 3.63) is 48.2 Å². The van der Waals surface area contributed by atoms with Gasteiger partial charge in [0.1, 0.15) is 5.58 Å². The maximum atomic E-state index is 12.0. The molecule has 0 unspecified atom stereocenters.